The molecule has 1 fully saturated rings. The summed E-state index contributed by atoms with van der Waals surface area (Å²) in [6.07, 6.45) is 3.32. The van der Waals surface area contributed by atoms with E-state index in [0.717, 1.165) is 5.69 Å². The Labute approximate surface area is 156 Å². The van der Waals surface area contributed by atoms with E-state index in [1.54, 1.807) is 21.8 Å². The van der Waals surface area contributed by atoms with Gasteiger partial charge in [0.15, 0.2) is 11.0 Å². The molecule has 9 nitrogen and oxygen atoms in total. The van der Waals surface area contributed by atoms with Crippen LogP contribution in [0.2, 0.25) is 5.15 Å². The Morgan fingerprint density at radius 2 is 1.92 bits per heavy atom. The van der Waals surface area contributed by atoms with Crippen molar-refractivity contribution in [3.63, 3.8) is 0 Å². The summed E-state index contributed by atoms with van der Waals surface area (Å²) in [6, 6.07) is 1.61. The number of nitrogen functional groups attached to an aromatic ring is 1. The second kappa shape index (κ2) is 6.99. The third-order valence-corrected chi connectivity index (χ3v) is 4.07. The van der Waals surface area contributed by atoms with Crippen LogP contribution in [0, 0.1) is 0 Å². The summed E-state index contributed by atoms with van der Waals surface area (Å²) in [5.41, 5.74) is 6.86. The second-order valence-corrected chi connectivity index (χ2v) is 7.42. The zero-order chi connectivity index (χ0) is 18.9. The summed E-state index contributed by atoms with van der Waals surface area (Å²) in [5.74, 6) is 0.249. The van der Waals surface area contributed by atoms with Crippen molar-refractivity contribution in [2.45, 2.75) is 26.4 Å². The molecule has 3 heterocycles. The van der Waals surface area contributed by atoms with Gasteiger partial charge < -0.3 is 20.3 Å². The van der Waals surface area contributed by atoms with E-state index in [1.807, 2.05) is 27.0 Å². The molecule has 26 heavy (non-hydrogen) atoms. The third-order valence-electron chi connectivity index (χ3n) is 3.88. The number of ether oxygens (including phenoxy) is 1. The summed E-state index contributed by atoms with van der Waals surface area (Å²) >= 11 is 5.88. The Morgan fingerprint density at radius 1 is 1.23 bits per heavy atom. The predicted octanol–water partition coefficient (Wildman–Crippen LogP) is 1.96. The van der Waals surface area contributed by atoms with Gasteiger partial charge in [0.05, 0.1) is 18.1 Å². The minimum Gasteiger partial charge on any atom is -0.444 e. The Balaban J connectivity index is 1.65. The number of nitrogens with two attached hydrogens (primary N) is 1. The largest absolute Gasteiger partial charge is 0.444 e. The lowest BCUT2D eigenvalue weighted by molar-refractivity contribution is 0.0240. The monoisotopic (exact) mass is 379 g/mol. The number of hydrogen-bond donors (Lipinski definition) is 1. The molecule has 0 unspecified atom stereocenters. The Morgan fingerprint density at radius 3 is 2.58 bits per heavy atom. The van der Waals surface area contributed by atoms with Gasteiger partial charge in [-0.25, -0.2) is 9.48 Å². The van der Waals surface area contributed by atoms with Crippen molar-refractivity contribution in [2.75, 3.05) is 36.8 Å². The first kappa shape index (κ1) is 18.2. The van der Waals surface area contributed by atoms with Crippen LogP contribution < -0.4 is 10.6 Å². The molecule has 0 atom stereocenters. The fourth-order valence-corrected chi connectivity index (χ4v) is 2.78. The summed E-state index contributed by atoms with van der Waals surface area (Å²) in [6.45, 7) is 8.14. The number of aromatic nitrogens is 4. The molecule has 1 amide bonds. The maximum Gasteiger partial charge on any atom is 0.410 e. The molecule has 0 bridgehead atoms. The SMILES string of the molecule is CC(C)(C)OC(=O)N1CCN(c2cnn(-c3cc(Cl)nnc3N)c2)CC1. The van der Waals surface area contributed by atoms with E-state index in [1.165, 1.54) is 0 Å². The molecule has 10 heteroatoms. The van der Waals surface area contributed by atoms with E-state index in [0.29, 0.717) is 31.9 Å². The highest BCUT2D eigenvalue weighted by Gasteiger charge is 2.26. The first-order valence-electron chi connectivity index (χ1n) is 8.29. The summed E-state index contributed by atoms with van der Waals surface area (Å²) < 4.78 is 7.03. The van der Waals surface area contributed by atoms with E-state index in [-0.39, 0.29) is 17.1 Å². The maximum atomic E-state index is 12.1. The normalized spacial score (nSPS) is 15.2. The minimum atomic E-state index is -0.491. The third kappa shape index (κ3) is 4.16. The van der Waals surface area contributed by atoms with Crippen molar-refractivity contribution < 1.29 is 9.53 Å². The number of rotatable bonds is 2. The molecule has 3 rings (SSSR count). The molecule has 2 aromatic heterocycles. The van der Waals surface area contributed by atoms with E-state index in [2.05, 4.69) is 20.2 Å². The molecule has 0 radical (unpaired) electrons. The molecule has 1 saturated heterocycles. The highest BCUT2D eigenvalue weighted by atomic mass is 35.5. The molecule has 0 saturated carbocycles. The van der Waals surface area contributed by atoms with Gasteiger partial charge in [-0.3, -0.25) is 0 Å². The van der Waals surface area contributed by atoms with E-state index >= 15 is 0 Å². The lowest BCUT2D eigenvalue weighted by Gasteiger charge is -2.36. The Kier molecular flexibility index (Phi) is 4.90. The molecular weight excluding hydrogens is 358 g/mol. The number of anilines is 2. The van der Waals surface area contributed by atoms with Crippen LogP contribution in [0.15, 0.2) is 18.5 Å². The summed E-state index contributed by atoms with van der Waals surface area (Å²) in [4.78, 5) is 16.0. The van der Waals surface area contributed by atoms with Crippen LogP contribution in [0.3, 0.4) is 0 Å². The molecule has 0 aromatic carbocycles. The van der Waals surface area contributed by atoms with Crippen LogP contribution >= 0.6 is 11.6 Å². The topological polar surface area (TPSA) is 102 Å². The number of piperazine rings is 1. The molecular formula is C16H22ClN7O2. The van der Waals surface area contributed by atoms with Crippen LogP contribution in [0.5, 0.6) is 0 Å². The predicted molar refractivity (Wildman–Crippen MR) is 98.6 cm³/mol. The van der Waals surface area contributed by atoms with Gasteiger partial charge in [-0.05, 0) is 20.8 Å². The van der Waals surface area contributed by atoms with Crippen molar-refractivity contribution in [2.24, 2.45) is 0 Å². The van der Waals surface area contributed by atoms with Gasteiger partial charge in [-0.2, -0.15) is 5.10 Å². The van der Waals surface area contributed by atoms with Gasteiger partial charge >= 0.3 is 6.09 Å². The smallest absolute Gasteiger partial charge is 0.410 e. The zero-order valence-corrected chi connectivity index (χ0v) is 15.8. The Hall–Kier alpha value is -2.55. The molecule has 1 aliphatic heterocycles. The van der Waals surface area contributed by atoms with Crippen molar-refractivity contribution in [3.05, 3.63) is 23.6 Å². The number of nitrogens with zero attached hydrogens (tertiary/aromatic N) is 6. The molecule has 0 spiro atoms. The second-order valence-electron chi connectivity index (χ2n) is 7.04. The van der Waals surface area contributed by atoms with E-state index < -0.39 is 5.60 Å². The fraction of sp³-hybridized carbons (Fsp3) is 0.500. The van der Waals surface area contributed by atoms with Crippen LogP contribution in [0.1, 0.15) is 20.8 Å². The highest BCUT2D eigenvalue weighted by Crippen LogP contribution is 2.22. The molecule has 0 aliphatic carbocycles. The van der Waals surface area contributed by atoms with Gasteiger partial charge in [-0.15, -0.1) is 10.2 Å². The fourth-order valence-electron chi connectivity index (χ4n) is 2.63. The van der Waals surface area contributed by atoms with Crippen LogP contribution in [0.25, 0.3) is 5.69 Å². The number of carbonyl (C=O) groups is 1. The first-order valence-corrected chi connectivity index (χ1v) is 8.67. The van der Waals surface area contributed by atoms with Gasteiger partial charge in [0.1, 0.15) is 11.3 Å². The molecule has 140 valence electrons. The number of amides is 1. The van der Waals surface area contributed by atoms with E-state index in [9.17, 15) is 4.79 Å². The van der Waals surface area contributed by atoms with Crippen molar-refractivity contribution in [1.29, 1.82) is 0 Å². The number of carbonyl (C=O) groups excluding carboxylic acids is 1. The van der Waals surface area contributed by atoms with Gasteiger partial charge in [0.25, 0.3) is 0 Å². The van der Waals surface area contributed by atoms with Crippen molar-refractivity contribution in [1.82, 2.24) is 24.9 Å². The molecule has 2 N–H and O–H groups in total. The van der Waals surface area contributed by atoms with Crippen molar-refractivity contribution in [3.8, 4) is 5.69 Å². The van der Waals surface area contributed by atoms with E-state index in [4.69, 9.17) is 22.1 Å². The average Bonchev–Trinajstić information content (AvgIpc) is 3.05. The molecule has 2 aromatic rings. The maximum absolute atomic E-state index is 12.1. The van der Waals surface area contributed by atoms with Gasteiger partial charge in [-0.1, -0.05) is 11.6 Å². The first-order chi connectivity index (χ1) is 12.2. The van der Waals surface area contributed by atoms with Crippen molar-refractivity contribution >= 4 is 29.2 Å². The lowest BCUT2D eigenvalue weighted by Crippen LogP contribution is -2.50. The van der Waals surface area contributed by atoms with Crippen LogP contribution in [-0.4, -0.2) is 62.8 Å². The minimum absolute atomic E-state index is 0.247. The quantitative estimate of drug-likeness (QED) is 0.850. The zero-order valence-electron chi connectivity index (χ0n) is 15.0. The highest BCUT2D eigenvalue weighted by molar-refractivity contribution is 6.29. The average molecular weight is 380 g/mol. The van der Waals surface area contributed by atoms with Crippen LogP contribution in [0.4, 0.5) is 16.3 Å². The summed E-state index contributed by atoms with van der Waals surface area (Å²) in [7, 11) is 0. The molecule has 1 aliphatic rings. The summed E-state index contributed by atoms with van der Waals surface area (Å²) in [5, 5.41) is 12.1. The lowest BCUT2D eigenvalue weighted by atomic mass is 10.2. The standard InChI is InChI=1S/C16H22ClN7O2/c1-16(2,3)26-15(25)23-6-4-22(5-7-23)11-9-19-24(10-11)12-8-13(17)20-21-14(12)18/h8-10H,4-7H2,1-3H3,(H2,18,21). The number of hydrogen-bond acceptors (Lipinski definition) is 7. The number of halogens is 1. The Bertz CT molecular complexity index is 794. The van der Waals surface area contributed by atoms with Gasteiger partial charge in [0.2, 0.25) is 0 Å². The van der Waals surface area contributed by atoms with Crippen LogP contribution in [-0.2, 0) is 4.74 Å². The van der Waals surface area contributed by atoms with Gasteiger partial charge in [0, 0.05) is 32.2 Å².